The van der Waals surface area contributed by atoms with Gasteiger partial charge in [0, 0.05) is 27.2 Å². The number of H-pyrrole nitrogens is 1. The Balaban J connectivity index is 2.02. The van der Waals surface area contributed by atoms with Crippen LogP contribution in [0.1, 0.15) is 11.1 Å². The van der Waals surface area contributed by atoms with Crippen LogP contribution in [0.25, 0.3) is 43.9 Å². The molecule has 3 aromatic carbocycles. The SMILES string of the molecule is Cc1cccc2c1[nH]c1c2ccc2c(-c3ccccc3)c(C#N)c(=O)oc21. The number of nitrogens with zero attached hydrogens (tertiary/aromatic N) is 1. The van der Waals surface area contributed by atoms with Gasteiger partial charge in [0.05, 0.1) is 5.52 Å². The predicted octanol–water partition coefficient (Wildman–Crippen LogP) is 5.27. The Labute approximate surface area is 154 Å². The van der Waals surface area contributed by atoms with Crippen LogP contribution in [0, 0.1) is 18.3 Å². The zero-order valence-corrected chi connectivity index (χ0v) is 14.5. The average molecular weight is 350 g/mol. The molecule has 27 heavy (non-hydrogen) atoms. The van der Waals surface area contributed by atoms with Crippen molar-refractivity contribution in [1.29, 1.82) is 5.26 Å². The lowest BCUT2D eigenvalue weighted by molar-refractivity contribution is 0.561. The molecule has 0 spiro atoms. The number of aryl methyl sites for hydroxylation is 1. The molecule has 1 N–H and O–H groups in total. The smallest absolute Gasteiger partial charge is 0.355 e. The molecule has 0 amide bonds. The maximum absolute atomic E-state index is 12.6. The lowest BCUT2D eigenvalue weighted by Gasteiger charge is -2.08. The van der Waals surface area contributed by atoms with Gasteiger partial charge in [-0.15, -0.1) is 0 Å². The first-order valence-corrected chi connectivity index (χ1v) is 8.65. The molecule has 2 aromatic heterocycles. The Kier molecular flexibility index (Phi) is 3.19. The van der Waals surface area contributed by atoms with E-state index in [2.05, 4.69) is 4.98 Å². The number of aromatic amines is 1. The Morgan fingerprint density at radius 1 is 0.889 bits per heavy atom. The van der Waals surface area contributed by atoms with Gasteiger partial charge in [-0.05, 0) is 24.1 Å². The van der Waals surface area contributed by atoms with E-state index in [4.69, 9.17) is 4.42 Å². The minimum absolute atomic E-state index is 0.0281. The van der Waals surface area contributed by atoms with Crippen molar-refractivity contribution >= 4 is 32.8 Å². The van der Waals surface area contributed by atoms with Crippen LogP contribution in [0.4, 0.5) is 0 Å². The first-order chi connectivity index (χ1) is 13.2. The number of fused-ring (bicyclic) bond motifs is 5. The quantitative estimate of drug-likeness (QED) is 0.418. The number of hydrogen-bond donors (Lipinski definition) is 1. The van der Waals surface area contributed by atoms with Gasteiger partial charge >= 0.3 is 5.63 Å². The third kappa shape index (κ3) is 2.12. The topological polar surface area (TPSA) is 69.8 Å². The third-order valence-electron chi connectivity index (χ3n) is 5.06. The molecule has 0 aliphatic rings. The lowest BCUT2D eigenvalue weighted by Crippen LogP contribution is -2.07. The number of hydrogen-bond acceptors (Lipinski definition) is 3. The number of para-hydroxylation sites is 1. The highest BCUT2D eigenvalue weighted by molar-refractivity contribution is 6.17. The standard InChI is InChI=1S/C23H14N2O2/c1-13-6-5-9-15-16-10-11-17-19(14-7-3-2-4-8-14)18(12-24)23(26)27-22(17)21(16)25-20(13)15/h2-11,25H,1H3. The van der Waals surface area contributed by atoms with Crippen LogP contribution in [-0.4, -0.2) is 4.98 Å². The molecule has 0 bridgehead atoms. The summed E-state index contributed by atoms with van der Waals surface area (Å²) < 4.78 is 5.62. The molecule has 5 rings (SSSR count). The molecular formula is C23H14N2O2. The summed E-state index contributed by atoms with van der Waals surface area (Å²) in [7, 11) is 0. The summed E-state index contributed by atoms with van der Waals surface area (Å²) in [6.07, 6.45) is 0. The first-order valence-electron chi connectivity index (χ1n) is 8.65. The molecular weight excluding hydrogens is 336 g/mol. The zero-order valence-electron chi connectivity index (χ0n) is 14.5. The largest absolute Gasteiger partial charge is 0.419 e. The Hall–Kier alpha value is -3.84. The van der Waals surface area contributed by atoms with Crippen LogP contribution in [0.5, 0.6) is 0 Å². The fourth-order valence-corrected chi connectivity index (χ4v) is 3.80. The second-order valence-corrected chi connectivity index (χ2v) is 6.60. The summed E-state index contributed by atoms with van der Waals surface area (Å²) in [5.41, 5.74) is 4.23. The maximum Gasteiger partial charge on any atom is 0.355 e. The molecule has 0 atom stereocenters. The Morgan fingerprint density at radius 2 is 1.63 bits per heavy atom. The monoisotopic (exact) mass is 350 g/mol. The minimum atomic E-state index is -0.619. The van der Waals surface area contributed by atoms with Crippen LogP contribution in [0.15, 0.2) is 69.9 Å². The minimum Gasteiger partial charge on any atom is -0.419 e. The molecule has 0 unspecified atom stereocenters. The highest BCUT2D eigenvalue weighted by Gasteiger charge is 2.19. The molecule has 2 heterocycles. The van der Waals surface area contributed by atoms with Gasteiger partial charge in [0.1, 0.15) is 11.6 Å². The van der Waals surface area contributed by atoms with E-state index in [0.717, 1.165) is 38.3 Å². The molecule has 0 saturated carbocycles. The van der Waals surface area contributed by atoms with Gasteiger partial charge in [-0.3, -0.25) is 0 Å². The van der Waals surface area contributed by atoms with E-state index in [-0.39, 0.29) is 5.56 Å². The highest BCUT2D eigenvalue weighted by atomic mass is 16.4. The van der Waals surface area contributed by atoms with Crippen molar-refractivity contribution in [1.82, 2.24) is 4.98 Å². The van der Waals surface area contributed by atoms with Gasteiger partial charge < -0.3 is 9.40 Å². The summed E-state index contributed by atoms with van der Waals surface area (Å²) in [5, 5.41) is 12.4. The molecule has 5 aromatic rings. The number of rotatable bonds is 1. The molecule has 4 heteroatoms. The summed E-state index contributed by atoms with van der Waals surface area (Å²) in [6, 6.07) is 21.6. The first kappa shape index (κ1) is 15.4. The van der Waals surface area contributed by atoms with Gasteiger partial charge in [0.25, 0.3) is 0 Å². The number of benzene rings is 3. The summed E-state index contributed by atoms with van der Waals surface area (Å²) >= 11 is 0. The predicted molar refractivity (Wildman–Crippen MR) is 107 cm³/mol. The molecule has 0 fully saturated rings. The Bertz CT molecular complexity index is 1450. The number of nitriles is 1. The second-order valence-electron chi connectivity index (χ2n) is 6.60. The third-order valence-corrected chi connectivity index (χ3v) is 5.06. The van der Waals surface area contributed by atoms with Crippen molar-refractivity contribution in [3.05, 3.63) is 82.2 Å². The fourth-order valence-electron chi connectivity index (χ4n) is 3.80. The van der Waals surface area contributed by atoms with Crippen LogP contribution in [0.3, 0.4) is 0 Å². The average Bonchev–Trinajstić information content (AvgIpc) is 3.08. The van der Waals surface area contributed by atoms with E-state index in [9.17, 15) is 10.1 Å². The van der Waals surface area contributed by atoms with Crippen molar-refractivity contribution in [3.63, 3.8) is 0 Å². The molecule has 0 saturated heterocycles. The van der Waals surface area contributed by atoms with Crippen molar-refractivity contribution in [3.8, 4) is 17.2 Å². The summed E-state index contributed by atoms with van der Waals surface area (Å²) in [4.78, 5) is 16.0. The summed E-state index contributed by atoms with van der Waals surface area (Å²) in [5.74, 6) is 0. The second kappa shape index (κ2) is 5.58. The van der Waals surface area contributed by atoms with Crippen LogP contribution >= 0.6 is 0 Å². The molecule has 0 aliphatic heterocycles. The van der Waals surface area contributed by atoms with E-state index >= 15 is 0 Å². The van der Waals surface area contributed by atoms with Crippen molar-refractivity contribution in [2.75, 3.05) is 0 Å². The molecule has 128 valence electrons. The molecule has 0 aliphatic carbocycles. The normalized spacial score (nSPS) is 11.3. The van der Waals surface area contributed by atoms with E-state index in [1.807, 2.05) is 73.7 Å². The highest BCUT2D eigenvalue weighted by Crippen LogP contribution is 2.36. The van der Waals surface area contributed by atoms with Crippen LogP contribution < -0.4 is 5.63 Å². The van der Waals surface area contributed by atoms with Crippen molar-refractivity contribution in [2.45, 2.75) is 6.92 Å². The number of nitrogens with one attached hydrogen (secondary N) is 1. The van der Waals surface area contributed by atoms with Gasteiger partial charge in [-0.2, -0.15) is 5.26 Å². The van der Waals surface area contributed by atoms with E-state index in [0.29, 0.717) is 11.1 Å². The van der Waals surface area contributed by atoms with Gasteiger partial charge in [0.15, 0.2) is 5.58 Å². The van der Waals surface area contributed by atoms with Gasteiger partial charge in [-0.1, -0.05) is 54.6 Å². The van der Waals surface area contributed by atoms with E-state index in [1.54, 1.807) is 0 Å². The van der Waals surface area contributed by atoms with Gasteiger partial charge in [0.2, 0.25) is 0 Å². The van der Waals surface area contributed by atoms with Crippen molar-refractivity contribution in [2.24, 2.45) is 0 Å². The zero-order chi connectivity index (χ0) is 18.5. The molecule has 4 nitrogen and oxygen atoms in total. The summed E-state index contributed by atoms with van der Waals surface area (Å²) in [6.45, 7) is 2.04. The van der Waals surface area contributed by atoms with Crippen LogP contribution in [-0.2, 0) is 0 Å². The number of aromatic nitrogens is 1. The van der Waals surface area contributed by atoms with E-state index < -0.39 is 5.63 Å². The van der Waals surface area contributed by atoms with Crippen LogP contribution in [0.2, 0.25) is 0 Å². The fraction of sp³-hybridized carbons (Fsp3) is 0.0435. The van der Waals surface area contributed by atoms with Gasteiger partial charge in [-0.25, -0.2) is 4.79 Å². The Morgan fingerprint density at radius 3 is 2.41 bits per heavy atom. The van der Waals surface area contributed by atoms with E-state index in [1.165, 1.54) is 0 Å². The maximum atomic E-state index is 12.6. The van der Waals surface area contributed by atoms with Crippen molar-refractivity contribution < 1.29 is 4.42 Å². The lowest BCUT2D eigenvalue weighted by atomic mass is 9.96. The molecule has 0 radical (unpaired) electrons.